The lowest BCUT2D eigenvalue weighted by Gasteiger charge is -2.26. The molecule has 1 aromatic rings. The first-order valence-corrected chi connectivity index (χ1v) is 6.96. The van der Waals surface area contributed by atoms with Crippen molar-refractivity contribution in [3.05, 3.63) is 23.8 Å². The monoisotopic (exact) mass is 294 g/mol. The number of anilines is 1. The summed E-state index contributed by atoms with van der Waals surface area (Å²) in [4.78, 5) is 11.8. The summed E-state index contributed by atoms with van der Waals surface area (Å²) in [6, 6.07) is 5.67. The second-order valence-electron chi connectivity index (χ2n) is 6.42. The van der Waals surface area contributed by atoms with Crippen LogP contribution in [0.2, 0.25) is 0 Å². The molecule has 118 valence electrons. The van der Waals surface area contributed by atoms with Gasteiger partial charge in [-0.2, -0.15) is 0 Å². The molecule has 1 amide bonds. The number of rotatable bonds is 4. The van der Waals surface area contributed by atoms with Crippen LogP contribution < -0.4 is 15.4 Å². The Morgan fingerprint density at radius 1 is 1.14 bits per heavy atom. The van der Waals surface area contributed by atoms with Crippen LogP contribution in [0.4, 0.5) is 10.5 Å². The first-order valence-electron chi connectivity index (χ1n) is 6.96. The van der Waals surface area contributed by atoms with E-state index >= 15 is 0 Å². The van der Waals surface area contributed by atoms with Crippen molar-refractivity contribution in [1.82, 2.24) is 5.32 Å². The third-order valence-corrected chi connectivity index (χ3v) is 3.18. The van der Waals surface area contributed by atoms with Crippen LogP contribution in [0.3, 0.4) is 0 Å². The smallest absolute Gasteiger partial charge is 0.412 e. The van der Waals surface area contributed by atoms with Crippen molar-refractivity contribution < 1.29 is 14.3 Å². The number of benzene rings is 1. The summed E-state index contributed by atoms with van der Waals surface area (Å²) < 4.78 is 10.6. The normalized spacial score (nSPS) is 12.0. The van der Waals surface area contributed by atoms with Crippen LogP contribution in [0.25, 0.3) is 0 Å². The van der Waals surface area contributed by atoms with E-state index in [1.165, 1.54) is 0 Å². The summed E-state index contributed by atoms with van der Waals surface area (Å²) >= 11 is 0. The van der Waals surface area contributed by atoms with E-state index in [1.807, 2.05) is 46.0 Å². The third-order valence-electron chi connectivity index (χ3n) is 3.18. The Morgan fingerprint density at radius 2 is 1.76 bits per heavy atom. The van der Waals surface area contributed by atoms with E-state index in [0.717, 1.165) is 5.56 Å². The van der Waals surface area contributed by atoms with Crippen LogP contribution in [-0.4, -0.2) is 25.9 Å². The van der Waals surface area contributed by atoms with Crippen molar-refractivity contribution in [2.45, 2.75) is 45.8 Å². The molecule has 0 aliphatic heterocycles. The fourth-order valence-electron chi connectivity index (χ4n) is 1.74. The van der Waals surface area contributed by atoms with Crippen molar-refractivity contribution in [2.24, 2.45) is 0 Å². The molecule has 1 rings (SSSR count). The lowest BCUT2D eigenvalue weighted by molar-refractivity contribution is 0.0635. The van der Waals surface area contributed by atoms with Gasteiger partial charge in [-0.25, -0.2) is 4.79 Å². The maximum absolute atomic E-state index is 11.8. The summed E-state index contributed by atoms with van der Waals surface area (Å²) in [6.45, 7) is 9.61. The van der Waals surface area contributed by atoms with Crippen molar-refractivity contribution in [3.63, 3.8) is 0 Å². The number of ether oxygens (including phenoxy) is 2. The highest BCUT2D eigenvalue weighted by molar-refractivity contribution is 5.87. The average Bonchev–Trinajstić information content (AvgIpc) is 2.36. The van der Waals surface area contributed by atoms with Gasteiger partial charge in [0.1, 0.15) is 11.4 Å². The predicted octanol–water partition coefficient (Wildman–Crippen LogP) is 3.50. The third kappa shape index (κ3) is 4.93. The molecule has 0 saturated heterocycles. The van der Waals surface area contributed by atoms with E-state index < -0.39 is 11.7 Å². The molecule has 5 nitrogen and oxygen atoms in total. The molecule has 21 heavy (non-hydrogen) atoms. The van der Waals surface area contributed by atoms with Crippen molar-refractivity contribution in [2.75, 3.05) is 19.5 Å². The zero-order valence-corrected chi connectivity index (χ0v) is 14.0. The van der Waals surface area contributed by atoms with Crippen LogP contribution >= 0.6 is 0 Å². The minimum Gasteiger partial charge on any atom is -0.495 e. The lowest BCUT2D eigenvalue weighted by atomic mass is 9.94. The topological polar surface area (TPSA) is 59.6 Å². The van der Waals surface area contributed by atoms with E-state index in [9.17, 15) is 4.79 Å². The van der Waals surface area contributed by atoms with Gasteiger partial charge in [0.25, 0.3) is 0 Å². The number of hydrogen-bond donors (Lipinski definition) is 2. The van der Waals surface area contributed by atoms with Gasteiger partial charge in [-0.1, -0.05) is 6.07 Å². The second kappa shape index (κ2) is 6.35. The van der Waals surface area contributed by atoms with Crippen molar-refractivity contribution in [3.8, 4) is 5.75 Å². The standard InChI is InChI=1S/C16H26N2O3/c1-15(2,3)21-14(19)18-12-9-8-11(10-13(12)20-7)16(4,5)17-6/h8-10,17H,1-7H3,(H,18,19). The van der Waals surface area contributed by atoms with Gasteiger partial charge in [-0.3, -0.25) is 5.32 Å². The van der Waals surface area contributed by atoms with Gasteiger partial charge in [0, 0.05) is 5.54 Å². The Hall–Kier alpha value is -1.75. The van der Waals surface area contributed by atoms with Crippen molar-refractivity contribution in [1.29, 1.82) is 0 Å². The number of methoxy groups -OCH3 is 1. The molecule has 0 spiro atoms. The maximum atomic E-state index is 11.8. The highest BCUT2D eigenvalue weighted by atomic mass is 16.6. The molecule has 0 fully saturated rings. The van der Waals surface area contributed by atoms with Gasteiger partial charge in [-0.15, -0.1) is 0 Å². The average molecular weight is 294 g/mol. The number of carbonyl (C=O) groups is 1. The Labute approximate surface area is 127 Å². The summed E-state index contributed by atoms with van der Waals surface area (Å²) in [5.74, 6) is 0.599. The molecule has 0 heterocycles. The van der Waals surface area contributed by atoms with E-state index in [1.54, 1.807) is 7.11 Å². The summed E-state index contributed by atoms with van der Waals surface area (Å²) in [6.07, 6.45) is -0.499. The molecule has 0 aliphatic rings. The van der Waals surface area contributed by atoms with Gasteiger partial charge in [0.15, 0.2) is 0 Å². The fourth-order valence-corrected chi connectivity index (χ4v) is 1.74. The first kappa shape index (κ1) is 17.3. The number of amides is 1. The van der Waals surface area contributed by atoms with E-state index in [4.69, 9.17) is 9.47 Å². The molecular formula is C16H26N2O3. The SMILES string of the molecule is CNC(C)(C)c1ccc(NC(=O)OC(C)(C)C)c(OC)c1. The van der Waals surface area contributed by atoms with E-state index in [-0.39, 0.29) is 5.54 Å². The van der Waals surface area contributed by atoms with Crippen LogP contribution in [0.1, 0.15) is 40.2 Å². The molecule has 0 saturated carbocycles. The number of carbonyl (C=O) groups excluding carboxylic acids is 1. The molecule has 1 aromatic carbocycles. The summed E-state index contributed by atoms with van der Waals surface area (Å²) in [5, 5.41) is 5.94. The van der Waals surface area contributed by atoms with Gasteiger partial charge in [0.05, 0.1) is 12.8 Å². The summed E-state index contributed by atoms with van der Waals surface area (Å²) in [7, 11) is 3.48. The van der Waals surface area contributed by atoms with E-state index in [2.05, 4.69) is 24.5 Å². The molecule has 0 radical (unpaired) electrons. The zero-order chi connectivity index (χ0) is 16.3. The molecule has 0 atom stereocenters. The second-order valence-corrected chi connectivity index (χ2v) is 6.42. The van der Waals surface area contributed by atoms with Gasteiger partial charge in [-0.05, 0) is 59.4 Å². The van der Waals surface area contributed by atoms with Crippen molar-refractivity contribution >= 4 is 11.8 Å². The Balaban J connectivity index is 2.97. The highest BCUT2D eigenvalue weighted by Crippen LogP contribution is 2.30. The Kier molecular flexibility index (Phi) is 5.23. The van der Waals surface area contributed by atoms with Crippen LogP contribution in [0, 0.1) is 0 Å². The lowest BCUT2D eigenvalue weighted by Crippen LogP contribution is -2.33. The molecule has 0 bridgehead atoms. The fraction of sp³-hybridized carbons (Fsp3) is 0.562. The Bertz CT molecular complexity index is 505. The number of nitrogens with one attached hydrogen (secondary N) is 2. The minimum absolute atomic E-state index is 0.183. The van der Waals surface area contributed by atoms with E-state index in [0.29, 0.717) is 11.4 Å². The van der Waals surface area contributed by atoms with Gasteiger partial charge < -0.3 is 14.8 Å². The summed E-state index contributed by atoms with van der Waals surface area (Å²) in [5.41, 5.74) is 0.933. The minimum atomic E-state index is -0.536. The van der Waals surface area contributed by atoms with Crippen LogP contribution in [0.15, 0.2) is 18.2 Å². The molecular weight excluding hydrogens is 268 g/mol. The highest BCUT2D eigenvalue weighted by Gasteiger charge is 2.21. The quantitative estimate of drug-likeness (QED) is 0.892. The molecule has 0 aromatic heterocycles. The largest absolute Gasteiger partial charge is 0.495 e. The molecule has 5 heteroatoms. The molecule has 0 unspecified atom stereocenters. The first-order chi connectivity index (χ1) is 9.59. The van der Waals surface area contributed by atoms with Crippen LogP contribution in [-0.2, 0) is 10.3 Å². The predicted molar refractivity (Wildman–Crippen MR) is 84.9 cm³/mol. The van der Waals surface area contributed by atoms with Gasteiger partial charge in [0.2, 0.25) is 0 Å². The maximum Gasteiger partial charge on any atom is 0.412 e. The molecule has 2 N–H and O–H groups in total. The molecule has 0 aliphatic carbocycles. The zero-order valence-electron chi connectivity index (χ0n) is 14.0. The van der Waals surface area contributed by atoms with Crippen LogP contribution in [0.5, 0.6) is 5.75 Å². The Morgan fingerprint density at radius 3 is 2.24 bits per heavy atom. The number of hydrogen-bond acceptors (Lipinski definition) is 4. The van der Waals surface area contributed by atoms with Gasteiger partial charge >= 0.3 is 6.09 Å².